The summed E-state index contributed by atoms with van der Waals surface area (Å²) in [5, 5.41) is 14.4. The Hall–Kier alpha value is -2.28. The van der Waals surface area contributed by atoms with Crippen molar-refractivity contribution < 1.29 is 14.3 Å². The van der Waals surface area contributed by atoms with Crippen molar-refractivity contribution in [3.63, 3.8) is 0 Å². The van der Waals surface area contributed by atoms with Crippen LogP contribution in [0, 0.1) is 0 Å². The lowest BCUT2D eigenvalue weighted by Gasteiger charge is -2.16. The number of hydrogen-bond donors (Lipinski definition) is 3. The zero-order valence-corrected chi connectivity index (χ0v) is 12.0. The SMILES string of the molecule is CCC(CCO)NC(=O)Nc1ccc2c(c1)oc(=O)n2C. The third kappa shape index (κ3) is 3.43. The highest BCUT2D eigenvalue weighted by Gasteiger charge is 2.11. The first kappa shape index (κ1) is 15.1. The number of carbonyl (C=O) groups is 1. The van der Waals surface area contributed by atoms with Crippen molar-refractivity contribution in [1.82, 2.24) is 9.88 Å². The number of rotatable bonds is 5. The number of nitrogens with zero attached hydrogens (tertiary/aromatic N) is 1. The summed E-state index contributed by atoms with van der Waals surface area (Å²) >= 11 is 0. The third-order valence-corrected chi connectivity index (χ3v) is 3.36. The predicted octanol–water partition coefficient (Wildman–Crippen LogP) is 1.41. The number of oxazole rings is 1. The summed E-state index contributed by atoms with van der Waals surface area (Å²) < 4.78 is 6.46. The maximum atomic E-state index is 11.9. The van der Waals surface area contributed by atoms with E-state index in [1.54, 1.807) is 25.2 Å². The van der Waals surface area contributed by atoms with Crippen molar-refractivity contribution in [2.75, 3.05) is 11.9 Å². The number of aryl methyl sites for hydroxylation is 1. The minimum Gasteiger partial charge on any atom is -0.408 e. The van der Waals surface area contributed by atoms with Crippen molar-refractivity contribution in [2.24, 2.45) is 7.05 Å². The molecule has 0 radical (unpaired) electrons. The van der Waals surface area contributed by atoms with Crippen LogP contribution in [0.3, 0.4) is 0 Å². The van der Waals surface area contributed by atoms with Gasteiger partial charge in [0.1, 0.15) is 0 Å². The van der Waals surface area contributed by atoms with Crippen LogP contribution in [0.25, 0.3) is 11.1 Å². The molecule has 0 fully saturated rings. The van der Waals surface area contributed by atoms with Crippen molar-refractivity contribution in [3.05, 3.63) is 28.7 Å². The van der Waals surface area contributed by atoms with Gasteiger partial charge in [-0.05, 0) is 25.0 Å². The molecule has 1 aromatic heterocycles. The van der Waals surface area contributed by atoms with E-state index < -0.39 is 5.76 Å². The number of hydrogen-bond acceptors (Lipinski definition) is 4. The van der Waals surface area contributed by atoms with E-state index in [1.807, 2.05) is 6.92 Å². The molecule has 0 aliphatic rings. The zero-order valence-electron chi connectivity index (χ0n) is 12.0. The van der Waals surface area contributed by atoms with Gasteiger partial charge in [0.05, 0.1) is 5.52 Å². The molecule has 0 saturated carbocycles. The van der Waals surface area contributed by atoms with Gasteiger partial charge in [-0.15, -0.1) is 0 Å². The van der Waals surface area contributed by atoms with Gasteiger partial charge in [-0.25, -0.2) is 9.59 Å². The van der Waals surface area contributed by atoms with Gasteiger partial charge in [-0.3, -0.25) is 4.57 Å². The molecule has 1 unspecified atom stereocenters. The quantitative estimate of drug-likeness (QED) is 0.776. The van der Waals surface area contributed by atoms with E-state index in [9.17, 15) is 9.59 Å². The number of aliphatic hydroxyl groups is 1. The molecule has 0 aliphatic heterocycles. The number of aromatic nitrogens is 1. The minimum atomic E-state index is -0.444. The maximum Gasteiger partial charge on any atom is 0.419 e. The van der Waals surface area contributed by atoms with Crippen molar-refractivity contribution >= 4 is 22.8 Å². The Bertz CT molecular complexity index is 689. The number of nitrogens with one attached hydrogen (secondary N) is 2. The van der Waals surface area contributed by atoms with Crippen LogP contribution in [0.15, 0.2) is 27.4 Å². The molecule has 3 N–H and O–H groups in total. The molecule has 1 aromatic carbocycles. The number of aliphatic hydroxyl groups excluding tert-OH is 1. The van der Waals surface area contributed by atoms with Crippen LogP contribution < -0.4 is 16.4 Å². The standard InChI is InChI=1S/C14H19N3O4/c1-3-9(6-7-18)15-13(19)16-10-4-5-11-12(8-10)21-14(20)17(11)2/h4-5,8-9,18H,3,6-7H2,1-2H3,(H2,15,16,19). The molecular weight excluding hydrogens is 274 g/mol. The van der Waals surface area contributed by atoms with E-state index in [-0.39, 0.29) is 18.7 Å². The summed E-state index contributed by atoms with van der Waals surface area (Å²) in [6.07, 6.45) is 1.25. The lowest BCUT2D eigenvalue weighted by Crippen LogP contribution is -2.38. The normalized spacial score (nSPS) is 12.3. The zero-order chi connectivity index (χ0) is 15.4. The van der Waals surface area contributed by atoms with Gasteiger partial charge in [-0.1, -0.05) is 6.92 Å². The highest BCUT2D eigenvalue weighted by Crippen LogP contribution is 2.17. The number of carbonyl (C=O) groups excluding carboxylic acids is 1. The Balaban J connectivity index is 2.09. The summed E-state index contributed by atoms with van der Waals surface area (Å²) in [5.74, 6) is -0.444. The van der Waals surface area contributed by atoms with E-state index >= 15 is 0 Å². The van der Waals surface area contributed by atoms with Crippen LogP contribution in [0.2, 0.25) is 0 Å². The first-order valence-electron chi connectivity index (χ1n) is 6.83. The van der Waals surface area contributed by atoms with Crippen LogP contribution in [-0.2, 0) is 7.05 Å². The first-order chi connectivity index (χ1) is 10.0. The monoisotopic (exact) mass is 293 g/mol. The molecule has 114 valence electrons. The van der Waals surface area contributed by atoms with Gasteiger partial charge >= 0.3 is 11.8 Å². The number of urea groups is 1. The Morgan fingerprint density at radius 3 is 2.90 bits per heavy atom. The maximum absolute atomic E-state index is 11.9. The van der Waals surface area contributed by atoms with Gasteiger partial charge < -0.3 is 20.2 Å². The molecule has 0 aliphatic carbocycles. The molecular formula is C14H19N3O4. The summed E-state index contributed by atoms with van der Waals surface area (Å²) in [4.78, 5) is 23.3. The Labute approximate surface area is 121 Å². The van der Waals surface area contributed by atoms with Gasteiger partial charge in [0.25, 0.3) is 0 Å². The van der Waals surface area contributed by atoms with Crippen LogP contribution >= 0.6 is 0 Å². The average molecular weight is 293 g/mol. The Morgan fingerprint density at radius 2 is 2.24 bits per heavy atom. The smallest absolute Gasteiger partial charge is 0.408 e. The molecule has 0 saturated heterocycles. The average Bonchev–Trinajstić information content (AvgIpc) is 2.73. The van der Waals surface area contributed by atoms with E-state index in [4.69, 9.17) is 9.52 Å². The Kier molecular flexibility index (Phi) is 4.64. The fraction of sp³-hybridized carbons (Fsp3) is 0.429. The Morgan fingerprint density at radius 1 is 1.48 bits per heavy atom. The second kappa shape index (κ2) is 6.45. The molecule has 2 amide bonds. The second-order valence-electron chi connectivity index (χ2n) is 4.83. The lowest BCUT2D eigenvalue weighted by molar-refractivity contribution is 0.237. The fourth-order valence-corrected chi connectivity index (χ4v) is 2.10. The number of fused-ring (bicyclic) bond motifs is 1. The highest BCUT2D eigenvalue weighted by molar-refractivity contribution is 5.91. The molecule has 7 nitrogen and oxygen atoms in total. The summed E-state index contributed by atoms with van der Waals surface area (Å²) in [6, 6.07) is 4.58. The van der Waals surface area contributed by atoms with E-state index in [1.165, 1.54) is 4.57 Å². The van der Waals surface area contributed by atoms with E-state index in [0.717, 1.165) is 6.42 Å². The molecule has 1 atom stereocenters. The van der Waals surface area contributed by atoms with Crippen LogP contribution in [0.4, 0.5) is 10.5 Å². The molecule has 0 bridgehead atoms. The van der Waals surface area contributed by atoms with Crippen LogP contribution in [-0.4, -0.2) is 28.4 Å². The van der Waals surface area contributed by atoms with Crippen molar-refractivity contribution in [3.8, 4) is 0 Å². The second-order valence-corrected chi connectivity index (χ2v) is 4.83. The minimum absolute atomic E-state index is 0.0277. The number of anilines is 1. The lowest BCUT2D eigenvalue weighted by atomic mass is 10.2. The first-order valence-corrected chi connectivity index (χ1v) is 6.83. The van der Waals surface area contributed by atoms with E-state index in [2.05, 4.69) is 10.6 Å². The summed E-state index contributed by atoms with van der Waals surface area (Å²) in [5.41, 5.74) is 1.62. The van der Waals surface area contributed by atoms with Crippen molar-refractivity contribution in [2.45, 2.75) is 25.8 Å². The highest BCUT2D eigenvalue weighted by atomic mass is 16.4. The third-order valence-electron chi connectivity index (χ3n) is 3.36. The van der Waals surface area contributed by atoms with Crippen LogP contribution in [0.5, 0.6) is 0 Å². The largest absolute Gasteiger partial charge is 0.419 e. The van der Waals surface area contributed by atoms with Gasteiger partial charge in [0.2, 0.25) is 0 Å². The molecule has 1 heterocycles. The van der Waals surface area contributed by atoms with Crippen molar-refractivity contribution in [1.29, 1.82) is 0 Å². The van der Waals surface area contributed by atoms with Gasteiger partial charge in [0.15, 0.2) is 5.58 Å². The van der Waals surface area contributed by atoms with E-state index in [0.29, 0.717) is 23.2 Å². The van der Waals surface area contributed by atoms with Crippen LogP contribution in [0.1, 0.15) is 19.8 Å². The predicted molar refractivity (Wildman–Crippen MR) is 79.4 cm³/mol. The summed E-state index contributed by atoms with van der Waals surface area (Å²) in [6.45, 7) is 1.96. The molecule has 0 spiro atoms. The number of benzene rings is 1. The molecule has 21 heavy (non-hydrogen) atoms. The molecule has 7 heteroatoms. The topological polar surface area (TPSA) is 96.5 Å². The molecule has 2 rings (SSSR count). The summed E-state index contributed by atoms with van der Waals surface area (Å²) in [7, 11) is 1.62. The molecule has 2 aromatic rings. The number of amides is 2. The fourth-order valence-electron chi connectivity index (χ4n) is 2.10. The van der Waals surface area contributed by atoms with Gasteiger partial charge in [0, 0.05) is 31.5 Å². The van der Waals surface area contributed by atoms with Gasteiger partial charge in [-0.2, -0.15) is 0 Å².